The first-order chi connectivity index (χ1) is 12.8. The molecule has 0 spiro atoms. The molecule has 4 aliphatic carbocycles. The molecule has 0 heterocycles. The first kappa shape index (κ1) is 19.3. The lowest BCUT2D eigenvalue weighted by molar-refractivity contribution is -0.144. The lowest BCUT2D eigenvalue weighted by Gasteiger charge is -2.59. The van der Waals surface area contributed by atoms with E-state index in [0.717, 1.165) is 38.5 Å². The maximum Gasteiger partial charge on any atom is 0.226 e. The predicted molar refractivity (Wildman–Crippen MR) is 111 cm³/mol. The summed E-state index contributed by atoms with van der Waals surface area (Å²) in [4.78, 5) is 15.4. The summed E-state index contributed by atoms with van der Waals surface area (Å²) < 4.78 is 0. The van der Waals surface area contributed by atoms with Gasteiger partial charge in [-0.25, -0.2) is 0 Å². The van der Waals surface area contributed by atoms with E-state index in [1.807, 2.05) is 0 Å². The maximum absolute atomic E-state index is 13.3. The minimum atomic E-state index is -0.214. The van der Waals surface area contributed by atoms with Crippen molar-refractivity contribution < 1.29 is 4.79 Å². The molecular formula is C23H33ClN2O. The van der Waals surface area contributed by atoms with Crippen LogP contribution >= 0.6 is 11.6 Å². The molecule has 148 valence electrons. The number of halogens is 1. The van der Waals surface area contributed by atoms with Gasteiger partial charge in [0.05, 0.1) is 11.5 Å². The van der Waals surface area contributed by atoms with Crippen LogP contribution in [0.15, 0.2) is 24.3 Å². The number of rotatable bonds is 6. The Morgan fingerprint density at radius 3 is 2.33 bits per heavy atom. The average Bonchev–Trinajstić information content (AvgIpc) is 2.60. The first-order valence-corrected chi connectivity index (χ1v) is 10.9. The average molecular weight is 389 g/mol. The molecular weight excluding hydrogens is 356 g/mol. The van der Waals surface area contributed by atoms with E-state index in [1.165, 1.54) is 17.5 Å². The number of likely N-dealkylation sites (N-methyl/N-ethyl adjacent to an activating group) is 1. The standard InChI is InChI=1S/C23H33ClN2O/c1-4-16-5-7-19(8-6-16)20(26(2)3)14-25-21(27)22-10-17-9-18(11-22)13-23(24,12-17)15-22/h5-8,17-18,20H,4,9-15H2,1-3H3,(H,25,27). The van der Waals surface area contributed by atoms with E-state index in [1.54, 1.807) is 0 Å². The molecule has 0 radical (unpaired) electrons. The fourth-order valence-electron chi connectivity index (χ4n) is 6.37. The number of amides is 1. The van der Waals surface area contributed by atoms with Gasteiger partial charge in [0.1, 0.15) is 0 Å². The van der Waals surface area contributed by atoms with Crippen LogP contribution in [0.4, 0.5) is 0 Å². The second kappa shape index (κ2) is 7.08. The lowest BCUT2D eigenvalue weighted by Crippen LogP contribution is -2.58. The van der Waals surface area contributed by atoms with Crippen molar-refractivity contribution in [3.63, 3.8) is 0 Å². The molecule has 0 aliphatic heterocycles. The molecule has 4 heteroatoms. The number of carbonyl (C=O) groups is 1. The van der Waals surface area contributed by atoms with E-state index in [0.29, 0.717) is 18.4 Å². The van der Waals surface area contributed by atoms with Crippen LogP contribution in [0.1, 0.15) is 62.6 Å². The number of nitrogens with one attached hydrogen (secondary N) is 1. The van der Waals surface area contributed by atoms with Crippen LogP contribution < -0.4 is 5.32 Å². The molecule has 4 saturated carbocycles. The molecule has 1 aromatic carbocycles. The van der Waals surface area contributed by atoms with Gasteiger partial charge in [-0.15, -0.1) is 11.6 Å². The van der Waals surface area contributed by atoms with Crippen molar-refractivity contribution >= 4 is 17.5 Å². The fourth-order valence-corrected chi connectivity index (χ4v) is 7.06. The van der Waals surface area contributed by atoms with Crippen LogP contribution in [0, 0.1) is 17.3 Å². The van der Waals surface area contributed by atoms with Gasteiger partial charge in [0.2, 0.25) is 5.91 Å². The van der Waals surface area contributed by atoms with E-state index in [-0.39, 0.29) is 22.2 Å². The Hall–Kier alpha value is -1.06. The Bertz CT molecular complexity index is 685. The molecule has 0 aromatic heterocycles. The van der Waals surface area contributed by atoms with Crippen LogP contribution in [0.25, 0.3) is 0 Å². The second-order valence-electron chi connectivity index (χ2n) is 9.68. The summed E-state index contributed by atoms with van der Waals surface area (Å²) in [5.74, 6) is 1.56. The van der Waals surface area contributed by atoms with E-state index in [9.17, 15) is 4.79 Å². The number of hydrogen-bond donors (Lipinski definition) is 1. The van der Waals surface area contributed by atoms with Crippen molar-refractivity contribution in [2.45, 2.75) is 62.8 Å². The van der Waals surface area contributed by atoms with Gasteiger partial charge in [-0.2, -0.15) is 0 Å². The Labute approximate surface area is 168 Å². The Kier molecular flexibility index (Phi) is 5.05. The van der Waals surface area contributed by atoms with E-state index in [2.05, 4.69) is 55.5 Å². The summed E-state index contributed by atoms with van der Waals surface area (Å²) in [5, 5.41) is 3.33. The van der Waals surface area contributed by atoms with Crippen molar-refractivity contribution in [1.82, 2.24) is 10.2 Å². The molecule has 5 rings (SSSR count). The van der Waals surface area contributed by atoms with Gasteiger partial charge in [0.15, 0.2) is 0 Å². The molecule has 1 N–H and O–H groups in total. The number of nitrogens with zero attached hydrogens (tertiary/aromatic N) is 1. The molecule has 3 unspecified atom stereocenters. The van der Waals surface area contributed by atoms with Gasteiger partial charge >= 0.3 is 0 Å². The van der Waals surface area contributed by atoms with Crippen LogP contribution in [0.2, 0.25) is 0 Å². The lowest BCUT2D eigenvalue weighted by atomic mass is 9.49. The highest BCUT2D eigenvalue weighted by molar-refractivity contribution is 6.24. The highest BCUT2D eigenvalue weighted by atomic mass is 35.5. The van der Waals surface area contributed by atoms with Gasteiger partial charge in [-0.1, -0.05) is 31.2 Å². The molecule has 27 heavy (non-hydrogen) atoms. The monoisotopic (exact) mass is 388 g/mol. The van der Waals surface area contributed by atoms with E-state index < -0.39 is 0 Å². The van der Waals surface area contributed by atoms with Crippen molar-refractivity contribution in [3.8, 4) is 0 Å². The quantitative estimate of drug-likeness (QED) is 0.725. The summed E-state index contributed by atoms with van der Waals surface area (Å²) >= 11 is 6.91. The first-order valence-electron chi connectivity index (χ1n) is 10.5. The second-order valence-corrected chi connectivity index (χ2v) is 10.5. The molecule has 1 aromatic rings. The van der Waals surface area contributed by atoms with E-state index >= 15 is 0 Å². The Morgan fingerprint density at radius 2 is 1.81 bits per heavy atom. The Balaban J connectivity index is 1.45. The van der Waals surface area contributed by atoms with Gasteiger partial charge in [0.25, 0.3) is 0 Å². The molecule has 0 saturated heterocycles. The van der Waals surface area contributed by atoms with Gasteiger partial charge < -0.3 is 10.2 Å². The number of hydrogen-bond acceptors (Lipinski definition) is 2. The zero-order chi connectivity index (χ0) is 19.2. The SMILES string of the molecule is CCc1ccc(C(CNC(=O)C23CC4CC(CC(Cl)(C4)C2)C3)N(C)C)cc1. The summed E-state index contributed by atoms with van der Waals surface area (Å²) in [7, 11) is 4.17. The normalized spacial score (nSPS) is 35.4. The smallest absolute Gasteiger partial charge is 0.226 e. The number of aryl methyl sites for hydroxylation is 1. The highest BCUT2D eigenvalue weighted by Crippen LogP contribution is 2.63. The third-order valence-corrected chi connectivity index (χ3v) is 7.77. The van der Waals surface area contributed by atoms with Crippen LogP contribution in [0.3, 0.4) is 0 Å². The van der Waals surface area contributed by atoms with Crippen LogP contribution in [-0.4, -0.2) is 36.3 Å². The van der Waals surface area contributed by atoms with Crippen LogP contribution in [-0.2, 0) is 11.2 Å². The largest absolute Gasteiger partial charge is 0.354 e. The molecule has 1 amide bonds. The zero-order valence-corrected chi connectivity index (χ0v) is 17.7. The molecule has 3 atom stereocenters. The van der Waals surface area contributed by atoms with Crippen molar-refractivity contribution in [1.29, 1.82) is 0 Å². The topological polar surface area (TPSA) is 32.3 Å². The van der Waals surface area contributed by atoms with E-state index in [4.69, 9.17) is 11.6 Å². The summed E-state index contributed by atoms with van der Waals surface area (Å²) in [5.41, 5.74) is 2.40. The molecule has 4 fully saturated rings. The molecule has 4 bridgehead atoms. The van der Waals surface area contributed by atoms with Crippen molar-refractivity contribution in [2.75, 3.05) is 20.6 Å². The van der Waals surface area contributed by atoms with Crippen LogP contribution in [0.5, 0.6) is 0 Å². The number of alkyl halides is 1. The van der Waals surface area contributed by atoms with Crippen molar-refractivity contribution in [3.05, 3.63) is 35.4 Å². The third-order valence-electron chi connectivity index (χ3n) is 7.32. The highest BCUT2D eigenvalue weighted by Gasteiger charge is 2.60. The number of benzene rings is 1. The summed E-state index contributed by atoms with van der Waals surface area (Å²) in [6.07, 6.45) is 7.53. The summed E-state index contributed by atoms with van der Waals surface area (Å²) in [6, 6.07) is 9.00. The minimum Gasteiger partial charge on any atom is -0.354 e. The third kappa shape index (κ3) is 3.65. The molecule has 3 nitrogen and oxygen atoms in total. The predicted octanol–water partition coefficient (Wildman–Crippen LogP) is 4.55. The summed E-state index contributed by atoms with van der Waals surface area (Å²) in [6.45, 7) is 2.83. The number of carbonyl (C=O) groups excluding carboxylic acids is 1. The van der Waals surface area contributed by atoms with Gasteiger partial charge in [-0.3, -0.25) is 4.79 Å². The zero-order valence-electron chi connectivity index (χ0n) is 16.9. The minimum absolute atomic E-state index is 0.113. The fraction of sp³-hybridized carbons (Fsp3) is 0.696. The van der Waals surface area contributed by atoms with Gasteiger partial charge in [0, 0.05) is 11.4 Å². The van der Waals surface area contributed by atoms with Crippen molar-refractivity contribution in [2.24, 2.45) is 17.3 Å². The Morgan fingerprint density at radius 1 is 1.19 bits per heavy atom. The maximum atomic E-state index is 13.3. The van der Waals surface area contributed by atoms with Gasteiger partial charge in [-0.05, 0) is 82.0 Å². The molecule has 4 aliphatic rings.